The van der Waals surface area contributed by atoms with Crippen molar-refractivity contribution in [2.75, 3.05) is 0 Å². The van der Waals surface area contributed by atoms with Crippen molar-refractivity contribution in [3.8, 4) is 17.2 Å². The number of hydrogen-bond donors (Lipinski definition) is 1. The highest BCUT2D eigenvalue weighted by molar-refractivity contribution is 5.94. The molecular formula is C14H13N5. The van der Waals surface area contributed by atoms with Gasteiger partial charge in [-0.25, -0.2) is 4.98 Å². The Morgan fingerprint density at radius 1 is 1.42 bits per heavy atom. The zero-order chi connectivity index (χ0) is 13.2. The van der Waals surface area contributed by atoms with Crippen molar-refractivity contribution in [1.82, 2.24) is 19.7 Å². The van der Waals surface area contributed by atoms with Crippen LogP contribution in [0, 0.1) is 18.3 Å². The Bertz CT molecular complexity index is 760. The lowest BCUT2D eigenvalue weighted by atomic mass is 10.0. The molecule has 3 aromatic heterocycles. The van der Waals surface area contributed by atoms with E-state index in [4.69, 9.17) is 5.26 Å². The molecule has 0 aliphatic heterocycles. The summed E-state index contributed by atoms with van der Waals surface area (Å²) in [5, 5.41) is 14.0. The van der Waals surface area contributed by atoms with Gasteiger partial charge in [0.1, 0.15) is 5.65 Å². The lowest BCUT2D eigenvalue weighted by molar-refractivity contribution is 0.628. The minimum absolute atomic E-state index is 0.468. The molecule has 0 saturated carbocycles. The maximum Gasteiger partial charge on any atom is 0.137 e. The van der Waals surface area contributed by atoms with Crippen molar-refractivity contribution >= 4 is 11.0 Å². The first-order valence-electron chi connectivity index (χ1n) is 6.12. The highest BCUT2D eigenvalue weighted by Gasteiger charge is 2.11. The average molecular weight is 251 g/mol. The molecule has 0 spiro atoms. The van der Waals surface area contributed by atoms with Crippen molar-refractivity contribution in [3.05, 3.63) is 36.4 Å². The van der Waals surface area contributed by atoms with Gasteiger partial charge in [0, 0.05) is 35.1 Å². The smallest absolute Gasteiger partial charge is 0.137 e. The van der Waals surface area contributed by atoms with Crippen molar-refractivity contribution in [2.24, 2.45) is 0 Å². The van der Waals surface area contributed by atoms with E-state index in [0.29, 0.717) is 13.0 Å². The Balaban J connectivity index is 2.08. The van der Waals surface area contributed by atoms with Crippen LogP contribution in [0.15, 0.2) is 30.9 Å². The van der Waals surface area contributed by atoms with E-state index in [2.05, 4.69) is 21.1 Å². The van der Waals surface area contributed by atoms with Crippen molar-refractivity contribution in [2.45, 2.75) is 19.9 Å². The number of rotatable bonds is 3. The molecule has 0 radical (unpaired) electrons. The first-order chi connectivity index (χ1) is 9.29. The fraction of sp³-hybridized carbons (Fsp3) is 0.214. The molecule has 0 fully saturated rings. The van der Waals surface area contributed by atoms with E-state index in [1.54, 1.807) is 4.68 Å². The molecule has 3 rings (SSSR count). The zero-order valence-corrected chi connectivity index (χ0v) is 10.6. The Kier molecular flexibility index (Phi) is 2.76. The molecule has 5 nitrogen and oxygen atoms in total. The van der Waals surface area contributed by atoms with Gasteiger partial charge in [-0.15, -0.1) is 0 Å². The van der Waals surface area contributed by atoms with Gasteiger partial charge in [0.15, 0.2) is 0 Å². The number of aromatic nitrogens is 4. The first-order valence-corrected chi connectivity index (χ1v) is 6.12. The first kappa shape index (κ1) is 11.5. The molecule has 3 aromatic rings. The van der Waals surface area contributed by atoms with Crippen LogP contribution in [-0.4, -0.2) is 19.7 Å². The minimum Gasteiger partial charge on any atom is -0.346 e. The second kappa shape index (κ2) is 4.58. The van der Waals surface area contributed by atoms with Crippen LogP contribution in [0.4, 0.5) is 0 Å². The molecule has 0 saturated heterocycles. The second-order valence-electron chi connectivity index (χ2n) is 4.46. The number of nitriles is 1. The van der Waals surface area contributed by atoms with Gasteiger partial charge in [0.05, 0.1) is 25.2 Å². The van der Waals surface area contributed by atoms with Crippen LogP contribution in [0.3, 0.4) is 0 Å². The normalized spacial score (nSPS) is 10.7. The SMILES string of the molecule is Cc1cnc2[nH]ccc2c1-c1cnn(CCC#N)c1. The quantitative estimate of drug-likeness (QED) is 0.777. The lowest BCUT2D eigenvalue weighted by Crippen LogP contribution is -1.96. The molecule has 0 bridgehead atoms. The molecule has 94 valence electrons. The third kappa shape index (κ3) is 1.97. The summed E-state index contributed by atoms with van der Waals surface area (Å²) in [5.41, 5.74) is 4.20. The number of nitrogens with zero attached hydrogens (tertiary/aromatic N) is 4. The number of nitrogens with one attached hydrogen (secondary N) is 1. The van der Waals surface area contributed by atoms with Gasteiger partial charge in [0.25, 0.3) is 0 Å². The number of pyridine rings is 1. The number of aryl methyl sites for hydroxylation is 2. The molecular weight excluding hydrogens is 238 g/mol. The molecule has 0 amide bonds. The summed E-state index contributed by atoms with van der Waals surface area (Å²) in [4.78, 5) is 7.47. The van der Waals surface area contributed by atoms with Gasteiger partial charge < -0.3 is 4.98 Å². The van der Waals surface area contributed by atoms with Gasteiger partial charge in [-0.1, -0.05) is 0 Å². The van der Waals surface area contributed by atoms with E-state index < -0.39 is 0 Å². The van der Waals surface area contributed by atoms with E-state index >= 15 is 0 Å². The topological polar surface area (TPSA) is 70.3 Å². The monoisotopic (exact) mass is 251 g/mol. The second-order valence-corrected chi connectivity index (χ2v) is 4.46. The summed E-state index contributed by atoms with van der Waals surface area (Å²) in [6.45, 7) is 2.66. The van der Waals surface area contributed by atoms with Crippen molar-refractivity contribution in [3.63, 3.8) is 0 Å². The summed E-state index contributed by atoms with van der Waals surface area (Å²) in [6.07, 6.45) is 8.04. The van der Waals surface area contributed by atoms with E-state index in [0.717, 1.165) is 27.7 Å². The summed E-state index contributed by atoms with van der Waals surface area (Å²) >= 11 is 0. The number of H-pyrrole nitrogens is 1. The standard InChI is InChI=1S/C14H13N5/c1-10-7-17-14-12(3-5-16-14)13(10)11-8-18-19(9-11)6-2-4-15/h3,5,7-9H,2,6H2,1H3,(H,16,17). The molecule has 0 unspecified atom stereocenters. The van der Waals surface area contributed by atoms with Crippen LogP contribution in [0.2, 0.25) is 0 Å². The molecule has 3 heterocycles. The molecule has 0 aromatic carbocycles. The predicted molar refractivity (Wildman–Crippen MR) is 72.3 cm³/mol. The Labute approximate surface area is 110 Å². The largest absolute Gasteiger partial charge is 0.346 e. The Morgan fingerprint density at radius 3 is 3.16 bits per heavy atom. The van der Waals surface area contributed by atoms with Gasteiger partial charge in [-0.2, -0.15) is 10.4 Å². The van der Waals surface area contributed by atoms with Crippen molar-refractivity contribution in [1.29, 1.82) is 5.26 Å². The average Bonchev–Trinajstić information content (AvgIpc) is 3.04. The third-order valence-corrected chi connectivity index (χ3v) is 3.15. The predicted octanol–water partition coefficient (Wildman–Crippen LogP) is 2.65. The number of fused-ring (bicyclic) bond motifs is 1. The van der Waals surface area contributed by atoms with Gasteiger partial charge >= 0.3 is 0 Å². The fourth-order valence-electron chi connectivity index (χ4n) is 2.27. The van der Waals surface area contributed by atoms with Crippen LogP contribution in [-0.2, 0) is 6.54 Å². The molecule has 0 aliphatic rings. The van der Waals surface area contributed by atoms with E-state index in [-0.39, 0.29) is 0 Å². The fourth-order valence-corrected chi connectivity index (χ4v) is 2.27. The molecule has 0 atom stereocenters. The highest BCUT2D eigenvalue weighted by Crippen LogP contribution is 2.29. The lowest BCUT2D eigenvalue weighted by Gasteiger charge is -2.04. The van der Waals surface area contributed by atoms with Crippen LogP contribution in [0.1, 0.15) is 12.0 Å². The van der Waals surface area contributed by atoms with E-state index in [9.17, 15) is 0 Å². The number of hydrogen-bond acceptors (Lipinski definition) is 3. The molecule has 1 N–H and O–H groups in total. The molecule has 19 heavy (non-hydrogen) atoms. The third-order valence-electron chi connectivity index (χ3n) is 3.15. The molecule has 0 aliphatic carbocycles. The summed E-state index contributed by atoms with van der Waals surface area (Å²) in [5.74, 6) is 0. The summed E-state index contributed by atoms with van der Waals surface area (Å²) < 4.78 is 1.80. The maximum atomic E-state index is 8.61. The van der Waals surface area contributed by atoms with Gasteiger partial charge in [-0.3, -0.25) is 4.68 Å². The van der Waals surface area contributed by atoms with Crippen LogP contribution in [0.5, 0.6) is 0 Å². The van der Waals surface area contributed by atoms with Crippen molar-refractivity contribution < 1.29 is 0 Å². The summed E-state index contributed by atoms with van der Waals surface area (Å²) in [6, 6.07) is 4.15. The van der Waals surface area contributed by atoms with E-state index in [1.807, 2.05) is 37.8 Å². The zero-order valence-electron chi connectivity index (χ0n) is 10.6. The van der Waals surface area contributed by atoms with Crippen LogP contribution in [0.25, 0.3) is 22.2 Å². The Hall–Kier alpha value is -2.61. The Morgan fingerprint density at radius 2 is 2.32 bits per heavy atom. The van der Waals surface area contributed by atoms with Crippen LogP contribution >= 0.6 is 0 Å². The van der Waals surface area contributed by atoms with Gasteiger partial charge in [0.2, 0.25) is 0 Å². The maximum absolute atomic E-state index is 8.61. The number of aromatic amines is 1. The van der Waals surface area contributed by atoms with Crippen LogP contribution < -0.4 is 0 Å². The summed E-state index contributed by atoms with van der Waals surface area (Å²) in [7, 11) is 0. The minimum atomic E-state index is 0.468. The molecule has 5 heteroatoms. The van der Waals surface area contributed by atoms with Gasteiger partial charge in [-0.05, 0) is 18.6 Å². The van der Waals surface area contributed by atoms with E-state index in [1.165, 1.54) is 0 Å². The highest BCUT2D eigenvalue weighted by atomic mass is 15.3.